The quantitative estimate of drug-likeness (QED) is 0.627. The number of aryl methyl sites for hydroxylation is 1. The molecule has 2 aromatic heterocycles. The first-order valence-electron chi connectivity index (χ1n) is 5.75. The Morgan fingerprint density at radius 1 is 1.56 bits per heavy atom. The van der Waals surface area contributed by atoms with Crippen LogP contribution in [0.2, 0.25) is 0 Å². The molecular weight excluding hydrogens is 252 g/mol. The highest BCUT2D eigenvalue weighted by molar-refractivity contribution is 7.17. The van der Waals surface area contributed by atoms with E-state index in [0.29, 0.717) is 22.4 Å². The summed E-state index contributed by atoms with van der Waals surface area (Å²) in [6.07, 6.45) is 3.23. The van der Waals surface area contributed by atoms with E-state index in [4.69, 9.17) is 4.74 Å². The monoisotopic (exact) mass is 266 g/mol. The normalized spacial score (nSPS) is 10.8. The summed E-state index contributed by atoms with van der Waals surface area (Å²) in [5.41, 5.74) is 0.100. The molecule has 0 aliphatic heterocycles. The van der Waals surface area contributed by atoms with Crippen LogP contribution in [0.1, 0.15) is 30.1 Å². The van der Waals surface area contributed by atoms with Crippen LogP contribution in [0.3, 0.4) is 0 Å². The third kappa shape index (κ3) is 2.28. The largest absolute Gasteiger partial charge is 0.462 e. The maximum Gasteiger partial charge on any atom is 0.339 e. The lowest BCUT2D eigenvalue weighted by Crippen LogP contribution is -2.18. The van der Waals surface area contributed by atoms with Gasteiger partial charge in [0, 0.05) is 12.4 Å². The Morgan fingerprint density at radius 3 is 3.06 bits per heavy atom. The Bertz CT molecular complexity index is 630. The first-order chi connectivity index (χ1) is 8.65. The van der Waals surface area contributed by atoms with Gasteiger partial charge < -0.3 is 9.30 Å². The molecule has 0 aliphatic rings. The first kappa shape index (κ1) is 12.8. The van der Waals surface area contributed by atoms with Crippen LogP contribution >= 0.6 is 11.3 Å². The van der Waals surface area contributed by atoms with E-state index in [2.05, 4.69) is 4.98 Å². The van der Waals surface area contributed by atoms with E-state index >= 15 is 0 Å². The predicted octanol–water partition coefficient (Wildman–Crippen LogP) is 1.95. The summed E-state index contributed by atoms with van der Waals surface area (Å²) in [4.78, 5) is 28.5. The molecule has 0 bridgehead atoms. The molecule has 0 saturated carbocycles. The number of aromatic nitrogens is 2. The van der Waals surface area contributed by atoms with Gasteiger partial charge in [0.1, 0.15) is 4.83 Å². The van der Waals surface area contributed by atoms with Crippen LogP contribution in [0.25, 0.3) is 10.2 Å². The maximum atomic E-state index is 12.0. The Labute approximate surface area is 108 Å². The summed E-state index contributed by atoms with van der Waals surface area (Å²) in [6.45, 7) is 2.40. The van der Waals surface area contributed by atoms with Crippen molar-refractivity contribution < 1.29 is 9.53 Å². The number of ether oxygens (including phenoxy) is 1. The summed E-state index contributed by atoms with van der Waals surface area (Å²) in [6, 6.07) is 0. The summed E-state index contributed by atoms with van der Waals surface area (Å²) in [5, 5.41) is 1.99. The van der Waals surface area contributed by atoms with E-state index in [9.17, 15) is 9.59 Å². The standard InChI is InChI=1S/C12H14N2O3S/c1-3-4-5-17-12(16)8-6-18-10-9(8)11(15)14(2)7-13-10/h6-7H,3-5H2,1-2H3. The van der Waals surface area contributed by atoms with E-state index in [0.717, 1.165) is 12.8 Å². The fraction of sp³-hybridized carbons (Fsp3) is 0.417. The number of carbonyl (C=O) groups excluding carboxylic acids is 1. The fourth-order valence-corrected chi connectivity index (χ4v) is 2.42. The van der Waals surface area contributed by atoms with Gasteiger partial charge in [0.2, 0.25) is 0 Å². The highest BCUT2D eigenvalue weighted by Gasteiger charge is 2.17. The minimum Gasteiger partial charge on any atom is -0.462 e. The van der Waals surface area contributed by atoms with Crippen LogP contribution in [0.4, 0.5) is 0 Å². The Kier molecular flexibility index (Phi) is 3.76. The van der Waals surface area contributed by atoms with Gasteiger partial charge in [-0.15, -0.1) is 11.3 Å². The number of hydrogen-bond acceptors (Lipinski definition) is 5. The number of unbranched alkanes of at least 4 members (excludes halogenated alkanes) is 1. The lowest BCUT2D eigenvalue weighted by molar-refractivity contribution is 0.0502. The number of thiophene rings is 1. The number of esters is 1. The van der Waals surface area contributed by atoms with Crippen LogP contribution in [0.15, 0.2) is 16.5 Å². The summed E-state index contributed by atoms with van der Waals surface area (Å²) in [7, 11) is 1.61. The van der Waals surface area contributed by atoms with Crippen molar-refractivity contribution in [3.05, 3.63) is 27.6 Å². The van der Waals surface area contributed by atoms with Gasteiger partial charge in [-0.05, 0) is 6.42 Å². The zero-order valence-electron chi connectivity index (χ0n) is 10.3. The van der Waals surface area contributed by atoms with Gasteiger partial charge in [-0.2, -0.15) is 0 Å². The van der Waals surface area contributed by atoms with Crippen LogP contribution in [-0.4, -0.2) is 22.1 Å². The Morgan fingerprint density at radius 2 is 2.33 bits per heavy atom. The third-order valence-corrected chi connectivity index (χ3v) is 3.49. The van der Waals surface area contributed by atoms with Gasteiger partial charge in [-0.1, -0.05) is 13.3 Å². The molecule has 6 heteroatoms. The van der Waals surface area contributed by atoms with Gasteiger partial charge in [0.05, 0.1) is 23.9 Å². The number of fused-ring (bicyclic) bond motifs is 1. The van der Waals surface area contributed by atoms with Crippen molar-refractivity contribution in [2.24, 2.45) is 7.05 Å². The van der Waals surface area contributed by atoms with E-state index in [1.807, 2.05) is 6.92 Å². The lowest BCUT2D eigenvalue weighted by atomic mass is 10.2. The molecule has 2 heterocycles. The highest BCUT2D eigenvalue weighted by atomic mass is 32.1. The Balaban J connectivity index is 2.37. The summed E-state index contributed by atoms with van der Waals surface area (Å²) in [5.74, 6) is -0.445. The van der Waals surface area contributed by atoms with E-state index in [-0.39, 0.29) is 5.56 Å². The second-order valence-electron chi connectivity index (χ2n) is 3.98. The van der Waals surface area contributed by atoms with Crippen molar-refractivity contribution in [3.63, 3.8) is 0 Å². The molecule has 96 valence electrons. The number of nitrogens with zero attached hydrogens (tertiary/aromatic N) is 2. The molecule has 0 atom stereocenters. The summed E-state index contributed by atoms with van der Waals surface area (Å²) < 4.78 is 6.48. The van der Waals surface area contributed by atoms with Gasteiger partial charge in [0.15, 0.2) is 0 Å². The first-order valence-corrected chi connectivity index (χ1v) is 6.63. The van der Waals surface area contributed by atoms with E-state index < -0.39 is 5.97 Å². The van der Waals surface area contributed by atoms with Gasteiger partial charge in [-0.3, -0.25) is 4.79 Å². The van der Waals surface area contributed by atoms with Crippen molar-refractivity contribution in [3.8, 4) is 0 Å². The zero-order chi connectivity index (χ0) is 13.1. The van der Waals surface area contributed by atoms with E-state index in [1.54, 1.807) is 12.4 Å². The van der Waals surface area contributed by atoms with Gasteiger partial charge in [0.25, 0.3) is 5.56 Å². The van der Waals surface area contributed by atoms with Crippen molar-refractivity contribution in [2.45, 2.75) is 19.8 Å². The molecule has 18 heavy (non-hydrogen) atoms. The summed E-state index contributed by atoms with van der Waals surface area (Å²) >= 11 is 1.28. The average Bonchev–Trinajstić information content (AvgIpc) is 2.78. The zero-order valence-corrected chi connectivity index (χ0v) is 11.1. The van der Waals surface area contributed by atoms with Crippen molar-refractivity contribution in [1.29, 1.82) is 0 Å². The van der Waals surface area contributed by atoms with Crippen molar-refractivity contribution in [2.75, 3.05) is 6.61 Å². The van der Waals surface area contributed by atoms with Crippen LogP contribution in [0, 0.1) is 0 Å². The highest BCUT2D eigenvalue weighted by Crippen LogP contribution is 2.21. The van der Waals surface area contributed by atoms with Crippen molar-refractivity contribution >= 4 is 27.5 Å². The molecule has 2 aromatic rings. The minimum absolute atomic E-state index is 0.219. The SMILES string of the molecule is CCCCOC(=O)c1csc2ncn(C)c(=O)c12. The number of hydrogen-bond donors (Lipinski definition) is 0. The number of rotatable bonds is 4. The lowest BCUT2D eigenvalue weighted by Gasteiger charge is -2.02. The smallest absolute Gasteiger partial charge is 0.339 e. The fourth-order valence-electron chi connectivity index (χ4n) is 1.55. The molecule has 5 nitrogen and oxygen atoms in total. The minimum atomic E-state index is -0.445. The third-order valence-electron chi connectivity index (χ3n) is 2.60. The molecule has 0 fully saturated rings. The molecule has 0 aromatic carbocycles. The van der Waals surface area contributed by atoms with E-state index in [1.165, 1.54) is 22.2 Å². The van der Waals surface area contributed by atoms with Crippen molar-refractivity contribution in [1.82, 2.24) is 9.55 Å². The molecular formula is C12H14N2O3S. The molecule has 0 unspecified atom stereocenters. The predicted molar refractivity (Wildman–Crippen MR) is 70.1 cm³/mol. The second-order valence-corrected chi connectivity index (χ2v) is 4.84. The van der Waals surface area contributed by atoms with Gasteiger partial charge in [-0.25, -0.2) is 9.78 Å². The van der Waals surface area contributed by atoms with Gasteiger partial charge >= 0.3 is 5.97 Å². The maximum absolute atomic E-state index is 12.0. The topological polar surface area (TPSA) is 61.2 Å². The van der Waals surface area contributed by atoms with Crippen LogP contribution in [-0.2, 0) is 11.8 Å². The Hall–Kier alpha value is -1.69. The number of carbonyl (C=O) groups is 1. The molecule has 2 rings (SSSR count). The second kappa shape index (κ2) is 5.30. The molecule has 0 radical (unpaired) electrons. The average molecular weight is 266 g/mol. The molecule has 0 amide bonds. The molecule has 0 saturated heterocycles. The van der Waals surface area contributed by atoms with Crippen LogP contribution < -0.4 is 5.56 Å². The molecule has 0 N–H and O–H groups in total. The molecule has 0 aliphatic carbocycles. The molecule has 0 spiro atoms. The van der Waals surface area contributed by atoms with Crippen LogP contribution in [0.5, 0.6) is 0 Å².